The Kier molecular flexibility index (Phi) is 4.96. The van der Waals surface area contributed by atoms with Crippen LogP contribution in [0.5, 0.6) is 0 Å². The lowest BCUT2D eigenvalue weighted by Crippen LogP contribution is -2.40. The van der Waals surface area contributed by atoms with Crippen LogP contribution in [-0.2, 0) is 9.59 Å². The topological polar surface area (TPSA) is 57.6 Å². The fourth-order valence-electron chi connectivity index (χ4n) is 1.78. The third kappa shape index (κ3) is 3.29. The van der Waals surface area contributed by atoms with Gasteiger partial charge in [0.15, 0.2) is 0 Å². The predicted molar refractivity (Wildman–Crippen MR) is 81.1 cm³/mol. The van der Waals surface area contributed by atoms with Crippen molar-refractivity contribution >= 4 is 52.9 Å². The van der Waals surface area contributed by atoms with Crippen molar-refractivity contribution in [1.82, 2.24) is 4.90 Å². The molecule has 0 aromatic heterocycles. The van der Waals surface area contributed by atoms with Crippen molar-refractivity contribution in [3.05, 3.63) is 39.9 Å². The fraction of sp³-hybridized carbons (Fsp3) is 0.231. The maximum absolute atomic E-state index is 12.0. The van der Waals surface area contributed by atoms with Gasteiger partial charge >= 0.3 is 5.97 Å². The molecule has 1 aromatic carbocycles. The molecule has 1 saturated heterocycles. The maximum Gasteiger partial charge on any atom is 0.327 e. The Labute approximate surface area is 130 Å². The monoisotopic (exact) mass is 331 g/mol. The average molecular weight is 332 g/mol. The molecule has 1 fully saturated rings. The van der Waals surface area contributed by atoms with Crippen LogP contribution >= 0.6 is 35.0 Å². The number of nitrogens with zero attached hydrogens (tertiary/aromatic N) is 1. The second-order valence-corrected chi connectivity index (χ2v) is 5.94. The van der Waals surface area contributed by atoms with Crippen molar-refractivity contribution in [2.75, 3.05) is 11.6 Å². The molecule has 1 N–H and O–H groups in total. The molecule has 0 saturated carbocycles. The average Bonchev–Trinajstić information content (AvgIpc) is 2.87. The van der Waals surface area contributed by atoms with Gasteiger partial charge in [-0.15, -0.1) is 11.8 Å². The number of rotatable bonds is 3. The Morgan fingerprint density at radius 3 is 2.60 bits per heavy atom. The van der Waals surface area contributed by atoms with Gasteiger partial charge in [-0.25, -0.2) is 4.79 Å². The summed E-state index contributed by atoms with van der Waals surface area (Å²) < 4.78 is 0. The van der Waals surface area contributed by atoms with E-state index in [1.807, 2.05) is 0 Å². The van der Waals surface area contributed by atoms with Gasteiger partial charge in [-0.3, -0.25) is 4.79 Å². The molecular weight excluding hydrogens is 321 g/mol. The van der Waals surface area contributed by atoms with Crippen molar-refractivity contribution in [3.8, 4) is 0 Å². The van der Waals surface area contributed by atoms with E-state index < -0.39 is 12.0 Å². The highest BCUT2D eigenvalue weighted by molar-refractivity contribution is 7.99. The van der Waals surface area contributed by atoms with Crippen molar-refractivity contribution in [3.63, 3.8) is 0 Å². The number of carbonyl (C=O) groups is 2. The lowest BCUT2D eigenvalue weighted by molar-refractivity contribution is -0.146. The van der Waals surface area contributed by atoms with Gasteiger partial charge in [-0.2, -0.15) is 0 Å². The zero-order valence-electron chi connectivity index (χ0n) is 10.3. The summed E-state index contributed by atoms with van der Waals surface area (Å²) in [6, 6.07) is 4.27. The van der Waals surface area contributed by atoms with Crippen molar-refractivity contribution < 1.29 is 14.7 Å². The van der Waals surface area contributed by atoms with Gasteiger partial charge in [0.1, 0.15) is 6.04 Å². The number of carbonyl (C=O) groups excluding carboxylic acids is 1. The largest absolute Gasteiger partial charge is 0.480 e. The number of thioether (sulfide) groups is 1. The number of carboxylic acids is 1. The van der Waals surface area contributed by atoms with Crippen LogP contribution < -0.4 is 0 Å². The first-order valence-electron chi connectivity index (χ1n) is 5.74. The van der Waals surface area contributed by atoms with Crippen LogP contribution in [-0.4, -0.2) is 39.6 Å². The number of benzene rings is 1. The summed E-state index contributed by atoms with van der Waals surface area (Å²) in [5, 5.41) is 9.91. The molecule has 0 spiro atoms. The molecule has 0 unspecified atom stereocenters. The fourth-order valence-corrected chi connectivity index (χ4v) is 3.46. The smallest absolute Gasteiger partial charge is 0.327 e. The lowest BCUT2D eigenvalue weighted by atomic mass is 10.2. The van der Waals surface area contributed by atoms with Crippen LogP contribution in [0, 0.1) is 0 Å². The number of amides is 1. The Balaban J connectivity index is 2.15. The molecule has 0 bridgehead atoms. The lowest BCUT2D eigenvalue weighted by Gasteiger charge is -2.18. The molecule has 4 nitrogen and oxygen atoms in total. The Morgan fingerprint density at radius 1 is 1.35 bits per heavy atom. The molecule has 0 radical (unpaired) electrons. The molecule has 1 amide bonds. The van der Waals surface area contributed by atoms with Gasteiger partial charge in [0.2, 0.25) is 5.91 Å². The number of hydrogen-bond donors (Lipinski definition) is 1. The molecule has 1 heterocycles. The van der Waals surface area contributed by atoms with Gasteiger partial charge in [-0.05, 0) is 18.2 Å². The number of halogens is 2. The molecular formula is C13H11Cl2NO3S. The number of hydrogen-bond acceptors (Lipinski definition) is 3. The molecule has 7 heteroatoms. The predicted octanol–water partition coefficient (Wildman–Crippen LogP) is 2.99. The minimum absolute atomic E-state index is 0.363. The van der Waals surface area contributed by atoms with Crippen LogP contribution in [0.4, 0.5) is 0 Å². The van der Waals surface area contributed by atoms with E-state index in [0.717, 1.165) is 0 Å². The second kappa shape index (κ2) is 6.52. The SMILES string of the molecule is O=C(O)[C@@H]1CSCN1C(=O)/C=C/c1c(Cl)cccc1Cl. The summed E-state index contributed by atoms with van der Waals surface area (Å²) in [6.45, 7) is 0. The summed E-state index contributed by atoms with van der Waals surface area (Å²) in [4.78, 5) is 24.4. The summed E-state index contributed by atoms with van der Waals surface area (Å²) in [5.41, 5.74) is 0.544. The van der Waals surface area contributed by atoms with Crippen LogP contribution in [0.1, 0.15) is 5.56 Å². The highest BCUT2D eigenvalue weighted by Gasteiger charge is 2.33. The summed E-state index contributed by atoms with van der Waals surface area (Å²) in [6.07, 6.45) is 2.81. The highest BCUT2D eigenvalue weighted by Crippen LogP contribution is 2.26. The van der Waals surface area contributed by atoms with Gasteiger partial charge < -0.3 is 10.0 Å². The first-order valence-corrected chi connectivity index (χ1v) is 7.65. The Morgan fingerprint density at radius 2 is 2.00 bits per heavy atom. The Hall–Kier alpha value is -1.17. The van der Waals surface area contributed by atoms with Crippen molar-refractivity contribution in [2.45, 2.75) is 6.04 Å². The van der Waals surface area contributed by atoms with E-state index in [9.17, 15) is 9.59 Å². The molecule has 106 valence electrons. The van der Waals surface area contributed by atoms with Gasteiger partial charge in [0, 0.05) is 27.4 Å². The van der Waals surface area contributed by atoms with Gasteiger partial charge in [0.05, 0.1) is 5.88 Å². The molecule has 2 rings (SSSR count). The third-order valence-corrected chi connectivity index (χ3v) is 4.51. The van der Waals surface area contributed by atoms with Gasteiger partial charge in [-0.1, -0.05) is 29.3 Å². The molecule has 1 aliphatic heterocycles. The van der Waals surface area contributed by atoms with Crippen molar-refractivity contribution in [2.24, 2.45) is 0 Å². The Bertz CT molecular complexity index is 556. The van der Waals surface area contributed by atoms with Crippen LogP contribution in [0.2, 0.25) is 10.0 Å². The van der Waals surface area contributed by atoms with Crippen molar-refractivity contribution in [1.29, 1.82) is 0 Å². The summed E-state index contributed by atoms with van der Waals surface area (Å²) in [7, 11) is 0. The van der Waals surface area contributed by atoms with E-state index in [1.165, 1.54) is 28.8 Å². The normalized spacial score (nSPS) is 18.7. The van der Waals surface area contributed by atoms with E-state index in [0.29, 0.717) is 27.2 Å². The standard InChI is InChI=1S/C13H11Cl2NO3S/c14-9-2-1-3-10(15)8(9)4-5-12(17)16-7-20-6-11(16)13(18)19/h1-5,11H,6-7H2,(H,18,19)/b5-4+/t11-/m0/s1. The van der Waals surface area contributed by atoms with E-state index in [2.05, 4.69) is 0 Å². The first-order chi connectivity index (χ1) is 9.50. The zero-order valence-corrected chi connectivity index (χ0v) is 12.6. The minimum atomic E-state index is -0.993. The van der Waals surface area contributed by atoms with E-state index >= 15 is 0 Å². The van der Waals surface area contributed by atoms with E-state index in [-0.39, 0.29) is 5.91 Å². The van der Waals surface area contributed by atoms with Crippen LogP contribution in [0.3, 0.4) is 0 Å². The zero-order chi connectivity index (χ0) is 14.7. The van der Waals surface area contributed by atoms with Crippen LogP contribution in [0.25, 0.3) is 6.08 Å². The second-order valence-electron chi connectivity index (χ2n) is 4.13. The molecule has 20 heavy (non-hydrogen) atoms. The molecule has 0 aliphatic carbocycles. The highest BCUT2D eigenvalue weighted by atomic mass is 35.5. The number of aliphatic carboxylic acids is 1. The van der Waals surface area contributed by atoms with E-state index in [1.54, 1.807) is 18.2 Å². The molecule has 1 aliphatic rings. The summed E-state index contributed by atoms with van der Waals surface area (Å²) in [5.74, 6) is -0.580. The molecule has 1 aromatic rings. The molecule has 1 atom stereocenters. The third-order valence-electron chi connectivity index (χ3n) is 2.84. The number of carboxylic acid groups (broad SMARTS) is 1. The van der Waals surface area contributed by atoms with Crippen LogP contribution in [0.15, 0.2) is 24.3 Å². The summed E-state index contributed by atoms with van der Waals surface area (Å²) >= 11 is 13.4. The first kappa shape index (κ1) is 15.2. The quantitative estimate of drug-likeness (QED) is 0.865. The minimum Gasteiger partial charge on any atom is -0.480 e. The maximum atomic E-state index is 12.0. The van der Waals surface area contributed by atoms with Gasteiger partial charge in [0.25, 0.3) is 0 Å². The van der Waals surface area contributed by atoms with E-state index in [4.69, 9.17) is 28.3 Å².